The average molecular weight is 470 g/mol. The van der Waals surface area contributed by atoms with Crippen LogP contribution < -0.4 is 5.32 Å². The van der Waals surface area contributed by atoms with Crippen LogP contribution in [0.25, 0.3) is 17.3 Å². The lowest BCUT2D eigenvalue weighted by Gasteiger charge is -2.10. The summed E-state index contributed by atoms with van der Waals surface area (Å²) >= 11 is 0. The Morgan fingerprint density at radius 1 is 1.09 bits per heavy atom. The van der Waals surface area contributed by atoms with Crippen molar-refractivity contribution in [2.45, 2.75) is 38.9 Å². The highest BCUT2D eigenvalue weighted by Gasteiger charge is 2.30. The molecule has 3 heterocycles. The van der Waals surface area contributed by atoms with Crippen LogP contribution in [-0.2, 0) is 18.1 Å². The lowest BCUT2D eigenvalue weighted by molar-refractivity contribution is -0.137. The first kappa shape index (κ1) is 23.1. The highest BCUT2D eigenvalue weighted by atomic mass is 19.4. The molecule has 0 aliphatic rings. The summed E-state index contributed by atoms with van der Waals surface area (Å²) in [7, 11) is 0. The second-order valence-electron chi connectivity index (χ2n) is 8.62. The number of alkyl halides is 3. The van der Waals surface area contributed by atoms with Crippen molar-refractivity contribution in [3.63, 3.8) is 0 Å². The topological polar surface area (TPSA) is 98.7 Å². The lowest BCUT2D eigenvalue weighted by Crippen LogP contribution is -2.23. The highest BCUT2D eigenvalue weighted by molar-refractivity contribution is 5.92. The molecule has 4 aromatic rings. The van der Waals surface area contributed by atoms with Gasteiger partial charge in [0.2, 0.25) is 0 Å². The van der Waals surface area contributed by atoms with Gasteiger partial charge in [-0.05, 0) is 29.8 Å². The zero-order chi connectivity index (χ0) is 24.5. The van der Waals surface area contributed by atoms with E-state index >= 15 is 0 Å². The second-order valence-corrected chi connectivity index (χ2v) is 8.62. The van der Waals surface area contributed by atoms with Gasteiger partial charge < -0.3 is 9.84 Å². The van der Waals surface area contributed by atoms with Crippen LogP contribution in [0.1, 0.15) is 48.2 Å². The molecular formula is C23H21F3N6O2. The number of rotatable bonds is 5. The second kappa shape index (κ2) is 8.73. The molecule has 176 valence electrons. The van der Waals surface area contributed by atoms with E-state index in [-0.39, 0.29) is 17.7 Å². The van der Waals surface area contributed by atoms with E-state index in [1.807, 2.05) is 20.8 Å². The van der Waals surface area contributed by atoms with E-state index in [4.69, 9.17) is 4.52 Å². The van der Waals surface area contributed by atoms with E-state index in [1.54, 1.807) is 22.9 Å². The van der Waals surface area contributed by atoms with Crippen molar-refractivity contribution in [2.24, 2.45) is 0 Å². The van der Waals surface area contributed by atoms with E-state index in [0.717, 1.165) is 12.1 Å². The Balaban J connectivity index is 1.44. The maximum absolute atomic E-state index is 12.7. The number of aromatic nitrogens is 5. The zero-order valence-corrected chi connectivity index (χ0v) is 18.6. The number of imidazole rings is 1. The zero-order valence-electron chi connectivity index (χ0n) is 18.6. The predicted octanol–water partition coefficient (Wildman–Crippen LogP) is 4.56. The van der Waals surface area contributed by atoms with Gasteiger partial charge in [0.15, 0.2) is 5.82 Å². The minimum absolute atomic E-state index is 0.0604. The summed E-state index contributed by atoms with van der Waals surface area (Å²) in [6.07, 6.45) is 0.116. The number of nitrogens with one attached hydrogen (secondary N) is 1. The van der Waals surface area contributed by atoms with E-state index in [2.05, 4.69) is 25.4 Å². The first-order valence-electron chi connectivity index (χ1n) is 10.3. The Morgan fingerprint density at radius 3 is 2.47 bits per heavy atom. The number of nitrogens with zero attached hydrogens (tertiary/aromatic N) is 5. The molecule has 0 bridgehead atoms. The van der Waals surface area contributed by atoms with Crippen molar-refractivity contribution in [3.8, 4) is 17.3 Å². The van der Waals surface area contributed by atoms with Gasteiger partial charge in [0.25, 0.3) is 11.8 Å². The van der Waals surface area contributed by atoms with Crippen molar-refractivity contribution < 1.29 is 22.5 Å². The number of hydrogen-bond donors (Lipinski definition) is 1. The fraction of sp³-hybridized carbons (Fsp3) is 0.261. The van der Waals surface area contributed by atoms with Gasteiger partial charge in [-0.15, -0.1) is 0 Å². The van der Waals surface area contributed by atoms with Crippen LogP contribution in [0.15, 0.2) is 59.6 Å². The van der Waals surface area contributed by atoms with Crippen molar-refractivity contribution in [2.75, 3.05) is 0 Å². The first-order valence-corrected chi connectivity index (χ1v) is 10.3. The molecule has 1 aromatic carbocycles. The van der Waals surface area contributed by atoms with Crippen LogP contribution in [0.2, 0.25) is 0 Å². The summed E-state index contributed by atoms with van der Waals surface area (Å²) in [5.74, 6) is 0.947. The van der Waals surface area contributed by atoms with Crippen molar-refractivity contribution >= 4 is 5.91 Å². The largest absolute Gasteiger partial charge is 0.416 e. The summed E-state index contributed by atoms with van der Waals surface area (Å²) < 4.78 is 44.9. The van der Waals surface area contributed by atoms with Crippen LogP contribution in [0.4, 0.5) is 13.2 Å². The molecule has 0 saturated carbocycles. The molecule has 4 rings (SSSR count). The lowest BCUT2D eigenvalue weighted by atomic mass is 9.96. The number of pyridine rings is 1. The van der Waals surface area contributed by atoms with Gasteiger partial charge in [-0.1, -0.05) is 38.1 Å². The normalized spacial score (nSPS) is 12.1. The van der Waals surface area contributed by atoms with Gasteiger partial charge in [-0.2, -0.15) is 18.2 Å². The van der Waals surface area contributed by atoms with E-state index in [9.17, 15) is 18.0 Å². The van der Waals surface area contributed by atoms with Gasteiger partial charge in [-0.25, -0.2) is 9.97 Å². The molecule has 0 unspecified atom stereocenters. The van der Waals surface area contributed by atoms with E-state index in [1.165, 1.54) is 24.7 Å². The van der Waals surface area contributed by atoms with Crippen molar-refractivity contribution in [3.05, 3.63) is 77.8 Å². The molecule has 0 atom stereocenters. The summed E-state index contributed by atoms with van der Waals surface area (Å²) in [5.41, 5.74) is 0.322. The van der Waals surface area contributed by atoms with Crippen molar-refractivity contribution in [1.82, 2.24) is 30.0 Å². The predicted molar refractivity (Wildman–Crippen MR) is 116 cm³/mol. The molecule has 3 aromatic heterocycles. The van der Waals surface area contributed by atoms with E-state index < -0.39 is 17.6 Å². The summed E-state index contributed by atoms with van der Waals surface area (Å²) in [5, 5.41) is 6.66. The molecule has 0 aliphatic carbocycles. The number of hydrogen-bond acceptors (Lipinski definition) is 6. The molecular weight excluding hydrogens is 449 g/mol. The van der Waals surface area contributed by atoms with Crippen LogP contribution in [0.3, 0.4) is 0 Å². The fourth-order valence-corrected chi connectivity index (χ4v) is 2.99. The molecule has 0 spiro atoms. The quantitative estimate of drug-likeness (QED) is 0.459. The maximum atomic E-state index is 12.7. The molecule has 34 heavy (non-hydrogen) atoms. The Bertz CT molecular complexity index is 1300. The number of benzene rings is 1. The molecule has 1 amide bonds. The minimum atomic E-state index is -4.40. The average Bonchev–Trinajstić information content (AvgIpc) is 3.47. The van der Waals surface area contributed by atoms with Gasteiger partial charge >= 0.3 is 6.18 Å². The van der Waals surface area contributed by atoms with Crippen LogP contribution in [-0.4, -0.2) is 30.6 Å². The summed E-state index contributed by atoms with van der Waals surface area (Å²) in [6, 6.07) is 8.05. The van der Waals surface area contributed by atoms with Gasteiger partial charge in [0, 0.05) is 29.9 Å². The Morgan fingerprint density at radius 2 is 1.82 bits per heavy atom. The minimum Gasteiger partial charge on any atom is -0.347 e. The van der Waals surface area contributed by atoms with Crippen LogP contribution in [0, 0.1) is 0 Å². The van der Waals surface area contributed by atoms with Gasteiger partial charge in [0.05, 0.1) is 5.56 Å². The standard InChI is InChI=1S/C23H21F3N6O2/c1-22(2,3)21-30-20(34-31-21)15-8-9-27-18(10-15)32-12-17(29-13-32)19(33)28-11-14-4-6-16(7-5-14)23(24,25)26/h4-10,12-13H,11H2,1-3H3,(H,28,33). The molecule has 11 heteroatoms. The molecule has 1 N–H and O–H groups in total. The number of amides is 1. The van der Waals surface area contributed by atoms with E-state index in [0.29, 0.717) is 28.7 Å². The van der Waals surface area contributed by atoms with Crippen LogP contribution in [0.5, 0.6) is 0 Å². The summed E-state index contributed by atoms with van der Waals surface area (Å²) in [6.45, 7) is 6.00. The molecule has 0 fully saturated rings. The monoisotopic (exact) mass is 470 g/mol. The Hall–Kier alpha value is -4.02. The third-order valence-electron chi connectivity index (χ3n) is 4.90. The maximum Gasteiger partial charge on any atom is 0.416 e. The fourth-order valence-electron chi connectivity index (χ4n) is 2.99. The Kier molecular flexibility index (Phi) is 5.94. The first-order chi connectivity index (χ1) is 16.0. The van der Waals surface area contributed by atoms with Gasteiger partial charge in [-0.3, -0.25) is 9.36 Å². The molecule has 0 saturated heterocycles. The number of halogens is 3. The molecule has 8 nitrogen and oxygen atoms in total. The number of carbonyl (C=O) groups is 1. The van der Waals surface area contributed by atoms with Gasteiger partial charge in [0.1, 0.15) is 17.8 Å². The smallest absolute Gasteiger partial charge is 0.347 e. The van der Waals surface area contributed by atoms with Crippen LogP contribution >= 0.6 is 0 Å². The summed E-state index contributed by atoms with van der Waals surface area (Å²) in [4.78, 5) is 25.3. The SMILES string of the molecule is CC(C)(C)c1noc(-c2ccnc(-n3cnc(C(=O)NCc4ccc(C(F)(F)F)cc4)c3)c2)n1. The third-order valence-corrected chi connectivity index (χ3v) is 4.90. The van der Waals surface area contributed by atoms with Crippen molar-refractivity contribution in [1.29, 1.82) is 0 Å². The number of carbonyl (C=O) groups excluding carboxylic acids is 1. The third kappa shape index (κ3) is 5.13. The molecule has 0 radical (unpaired) electrons. The highest BCUT2D eigenvalue weighted by Crippen LogP contribution is 2.29. The molecule has 0 aliphatic heterocycles. The Labute approximate surface area is 192 Å².